The number of rotatable bonds is 8. The molecule has 1 aromatic carbocycles. The molecule has 0 saturated carbocycles. The summed E-state index contributed by atoms with van der Waals surface area (Å²) in [6, 6.07) is 8.13. The smallest absolute Gasteiger partial charge is 0.306 e. The summed E-state index contributed by atoms with van der Waals surface area (Å²) in [6.07, 6.45) is 3.03. The number of esters is 1. The zero-order chi connectivity index (χ0) is 15.8. The van der Waals surface area contributed by atoms with Crippen LogP contribution in [0.3, 0.4) is 0 Å². The SMILES string of the molecule is CC(=O)NCCCCCC(=O)OCc1csc2ccccc12. The van der Waals surface area contributed by atoms with Gasteiger partial charge >= 0.3 is 5.97 Å². The fourth-order valence-corrected chi connectivity index (χ4v) is 3.16. The zero-order valence-electron chi connectivity index (χ0n) is 12.8. The first-order chi connectivity index (χ1) is 10.7. The fourth-order valence-electron chi connectivity index (χ4n) is 2.21. The monoisotopic (exact) mass is 319 g/mol. The first-order valence-corrected chi connectivity index (χ1v) is 8.40. The lowest BCUT2D eigenvalue weighted by molar-refractivity contribution is -0.145. The van der Waals surface area contributed by atoms with Crippen LogP contribution in [0.1, 0.15) is 38.2 Å². The van der Waals surface area contributed by atoms with Gasteiger partial charge in [-0.1, -0.05) is 24.6 Å². The molecule has 2 aromatic rings. The quantitative estimate of drug-likeness (QED) is 0.597. The highest BCUT2D eigenvalue weighted by atomic mass is 32.1. The number of unbranched alkanes of at least 4 members (excludes halogenated alkanes) is 2. The van der Waals surface area contributed by atoms with Gasteiger partial charge in [0.15, 0.2) is 0 Å². The molecular formula is C17H21NO3S. The van der Waals surface area contributed by atoms with E-state index in [1.54, 1.807) is 11.3 Å². The Balaban J connectivity index is 1.64. The topological polar surface area (TPSA) is 55.4 Å². The predicted molar refractivity (Wildman–Crippen MR) is 88.8 cm³/mol. The first kappa shape index (κ1) is 16.5. The minimum absolute atomic E-state index is 0.0117. The Morgan fingerprint density at radius 2 is 2.00 bits per heavy atom. The number of nitrogens with one attached hydrogen (secondary N) is 1. The lowest BCUT2D eigenvalue weighted by Crippen LogP contribution is -2.20. The molecule has 1 N–H and O–H groups in total. The van der Waals surface area contributed by atoms with E-state index in [0.29, 0.717) is 19.6 Å². The van der Waals surface area contributed by atoms with E-state index in [-0.39, 0.29) is 11.9 Å². The molecule has 0 radical (unpaired) electrons. The third-order valence-electron chi connectivity index (χ3n) is 3.38. The Morgan fingerprint density at radius 3 is 2.82 bits per heavy atom. The molecule has 0 spiro atoms. The summed E-state index contributed by atoms with van der Waals surface area (Å²) in [6.45, 7) is 2.52. The van der Waals surface area contributed by atoms with E-state index in [2.05, 4.69) is 17.4 Å². The molecule has 0 aliphatic rings. The second kappa shape index (κ2) is 8.54. The van der Waals surface area contributed by atoms with Crippen LogP contribution in [-0.2, 0) is 20.9 Å². The van der Waals surface area contributed by atoms with Gasteiger partial charge in [0, 0.05) is 30.2 Å². The second-order valence-corrected chi connectivity index (χ2v) is 6.12. The molecule has 118 valence electrons. The van der Waals surface area contributed by atoms with Gasteiger partial charge in [0.05, 0.1) is 0 Å². The predicted octanol–water partition coefficient (Wildman–Crippen LogP) is 3.64. The molecule has 0 fully saturated rings. The Hall–Kier alpha value is -1.88. The number of benzene rings is 1. The van der Waals surface area contributed by atoms with Gasteiger partial charge in [-0.2, -0.15) is 0 Å². The summed E-state index contributed by atoms with van der Waals surface area (Å²) in [7, 11) is 0. The summed E-state index contributed by atoms with van der Waals surface area (Å²) in [5.41, 5.74) is 1.07. The van der Waals surface area contributed by atoms with E-state index in [9.17, 15) is 9.59 Å². The number of hydrogen-bond acceptors (Lipinski definition) is 4. The normalized spacial score (nSPS) is 10.6. The summed E-state index contributed by atoms with van der Waals surface area (Å²) >= 11 is 1.67. The van der Waals surface area contributed by atoms with Crippen molar-refractivity contribution in [1.29, 1.82) is 0 Å². The van der Waals surface area contributed by atoms with E-state index in [1.807, 2.05) is 17.5 Å². The highest BCUT2D eigenvalue weighted by Gasteiger charge is 2.07. The molecule has 0 aliphatic carbocycles. The van der Waals surface area contributed by atoms with Crippen molar-refractivity contribution in [3.8, 4) is 0 Å². The van der Waals surface area contributed by atoms with Gasteiger partial charge in [-0.15, -0.1) is 11.3 Å². The van der Waals surface area contributed by atoms with Crippen LogP contribution in [0, 0.1) is 0 Å². The highest BCUT2D eigenvalue weighted by molar-refractivity contribution is 7.17. The van der Waals surface area contributed by atoms with Gasteiger partial charge in [-0.05, 0) is 29.7 Å². The Labute approximate surface area is 134 Å². The van der Waals surface area contributed by atoms with Crippen LogP contribution in [0.15, 0.2) is 29.6 Å². The molecule has 0 atom stereocenters. The first-order valence-electron chi connectivity index (χ1n) is 7.52. The van der Waals surface area contributed by atoms with Crippen molar-refractivity contribution in [2.75, 3.05) is 6.54 Å². The second-order valence-electron chi connectivity index (χ2n) is 5.21. The zero-order valence-corrected chi connectivity index (χ0v) is 13.6. The van der Waals surface area contributed by atoms with Crippen molar-refractivity contribution in [3.63, 3.8) is 0 Å². The molecule has 0 unspecified atom stereocenters. The Bertz CT molecular complexity index is 636. The van der Waals surface area contributed by atoms with Crippen LogP contribution < -0.4 is 5.32 Å². The van der Waals surface area contributed by atoms with Crippen LogP contribution in [0.4, 0.5) is 0 Å². The van der Waals surface area contributed by atoms with E-state index < -0.39 is 0 Å². The summed E-state index contributed by atoms with van der Waals surface area (Å²) in [5.74, 6) is -0.169. The standard InChI is InChI=1S/C17H21NO3S/c1-13(19)18-10-6-2-3-9-17(20)21-11-14-12-22-16-8-5-4-7-15(14)16/h4-5,7-8,12H,2-3,6,9-11H2,1H3,(H,18,19). The van der Waals surface area contributed by atoms with Crippen molar-refractivity contribution < 1.29 is 14.3 Å². The average Bonchev–Trinajstić information content (AvgIpc) is 2.91. The molecule has 5 heteroatoms. The molecule has 22 heavy (non-hydrogen) atoms. The molecule has 0 aliphatic heterocycles. The van der Waals surface area contributed by atoms with E-state index in [1.165, 1.54) is 11.6 Å². The van der Waals surface area contributed by atoms with Gasteiger partial charge in [-0.3, -0.25) is 9.59 Å². The van der Waals surface area contributed by atoms with Gasteiger partial charge < -0.3 is 10.1 Å². The third-order valence-corrected chi connectivity index (χ3v) is 4.39. The van der Waals surface area contributed by atoms with E-state index >= 15 is 0 Å². The fraction of sp³-hybridized carbons (Fsp3) is 0.412. The number of amides is 1. The maximum atomic E-state index is 11.7. The molecule has 0 bridgehead atoms. The Morgan fingerprint density at radius 1 is 1.18 bits per heavy atom. The molecule has 1 heterocycles. The van der Waals surface area contributed by atoms with Crippen molar-refractivity contribution in [2.24, 2.45) is 0 Å². The Kier molecular flexibility index (Phi) is 6.40. The molecule has 2 rings (SSSR count). The number of thiophene rings is 1. The maximum absolute atomic E-state index is 11.7. The van der Waals surface area contributed by atoms with Crippen molar-refractivity contribution >= 4 is 33.3 Å². The highest BCUT2D eigenvalue weighted by Crippen LogP contribution is 2.26. The van der Waals surface area contributed by atoms with Gasteiger partial charge in [0.25, 0.3) is 0 Å². The molecule has 0 saturated heterocycles. The third kappa shape index (κ3) is 5.15. The molecular weight excluding hydrogens is 298 g/mol. The van der Waals surface area contributed by atoms with E-state index in [4.69, 9.17) is 4.74 Å². The van der Waals surface area contributed by atoms with Crippen molar-refractivity contribution in [3.05, 3.63) is 35.2 Å². The summed E-state index contributed by atoms with van der Waals surface area (Å²) < 4.78 is 6.55. The van der Waals surface area contributed by atoms with Crippen LogP contribution in [-0.4, -0.2) is 18.4 Å². The lowest BCUT2D eigenvalue weighted by atomic mass is 10.2. The van der Waals surface area contributed by atoms with E-state index in [0.717, 1.165) is 30.2 Å². The van der Waals surface area contributed by atoms with Crippen LogP contribution in [0.2, 0.25) is 0 Å². The van der Waals surface area contributed by atoms with Gasteiger partial charge in [-0.25, -0.2) is 0 Å². The lowest BCUT2D eigenvalue weighted by Gasteiger charge is -2.05. The minimum atomic E-state index is -0.158. The van der Waals surface area contributed by atoms with Crippen molar-refractivity contribution in [2.45, 2.75) is 39.2 Å². The summed E-state index contributed by atoms with van der Waals surface area (Å²) in [5, 5.41) is 5.95. The molecule has 4 nitrogen and oxygen atoms in total. The number of fused-ring (bicyclic) bond motifs is 1. The van der Waals surface area contributed by atoms with Crippen LogP contribution >= 0.6 is 11.3 Å². The summed E-state index contributed by atoms with van der Waals surface area (Å²) in [4.78, 5) is 22.4. The number of carbonyl (C=O) groups excluding carboxylic acids is 2. The molecule has 1 amide bonds. The minimum Gasteiger partial charge on any atom is -0.461 e. The number of carbonyl (C=O) groups is 2. The number of hydrogen-bond donors (Lipinski definition) is 1. The van der Waals surface area contributed by atoms with Crippen molar-refractivity contribution in [1.82, 2.24) is 5.32 Å². The van der Waals surface area contributed by atoms with Crippen LogP contribution in [0.25, 0.3) is 10.1 Å². The number of ether oxygens (including phenoxy) is 1. The van der Waals surface area contributed by atoms with Crippen LogP contribution in [0.5, 0.6) is 0 Å². The van der Waals surface area contributed by atoms with Gasteiger partial charge in [0.2, 0.25) is 5.91 Å². The molecule has 1 aromatic heterocycles. The van der Waals surface area contributed by atoms with Gasteiger partial charge in [0.1, 0.15) is 6.61 Å². The maximum Gasteiger partial charge on any atom is 0.306 e. The average molecular weight is 319 g/mol. The largest absolute Gasteiger partial charge is 0.461 e.